The van der Waals surface area contributed by atoms with Crippen molar-refractivity contribution < 1.29 is 5.11 Å². The molecule has 2 rings (SSSR count). The maximum atomic E-state index is 10.00. The van der Waals surface area contributed by atoms with E-state index in [1.54, 1.807) is 0 Å². The van der Waals surface area contributed by atoms with Gasteiger partial charge in [0, 0.05) is 0 Å². The first-order valence-corrected chi connectivity index (χ1v) is 5.60. The lowest BCUT2D eigenvalue weighted by molar-refractivity contribution is 0.0408. The molecule has 76 valence electrons. The van der Waals surface area contributed by atoms with Crippen LogP contribution in [-0.4, -0.2) is 17.8 Å². The third-order valence-electron chi connectivity index (χ3n) is 4.02. The van der Waals surface area contributed by atoms with Gasteiger partial charge in [-0.15, -0.1) is 0 Å². The maximum absolute atomic E-state index is 10.00. The van der Waals surface area contributed by atoms with Gasteiger partial charge in [0.25, 0.3) is 0 Å². The largest absolute Gasteiger partial charge is 0.393 e. The SMILES string of the molecule is CC(CN)C(O)C1CCC2CC2C1. The molecular formula is C11H21NO. The van der Waals surface area contributed by atoms with Gasteiger partial charge in [0.2, 0.25) is 0 Å². The summed E-state index contributed by atoms with van der Waals surface area (Å²) >= 11 is 0. The normalized spacial score (nSPS) is 42.2. The second kappa shape index (κ2) is 3.58. The van der Waals surface area contributed by atoms with Crippen LogP contribution in [0.2, 0.25) is 0 Å². The Labute approximate surface area is 80.5 Å². The molecule has 0 aromatic rings. The molecule has 2 nitrogen and oxygen atoms in total. The van der Waals surface area contributed by atoms with E-state index in [2.05, 4.69) is 6.92 Å². The fourth-order valence-electron chi connectivity index (χ4n) is 2.80. The van der Waals surface area contributed by atoms with Crippen LogP contribution >= 0.6 is 0 Å². The zero-order valence-corrected chi connectivity index (χ0v) is 8.45. The molecule has 0 spiro atoms. The summed E-state index contributed by atoms with van der Waals surface area (Å²) < 4.78 is 0. The molecule has 0 bridgehead atoms. The molecule has 0 saturated heterocycles. The zero-order chi connectivity index (χ0) is 9.42. The summed E-state index contributed by atoms with van der Waals surface area (Å²) in [6.07, 6.45) is 5.12. The average molecular weight is 183 g/mol. The van der Waals surface area contributed by atoms with Gasteiger partial charge in [-0.3, -0.25) is 0 Å². The van der Waals surface area contributed by atoms with Crippen LogP contribution < -0.4 is 5.73 Å². The van der Waals surface area contributed by atoms with E-state index in [1.165, 1.54) is 25.7 Å². The van der Waals surface area contributed by atoms with Gasteiger partial charge in [0.1, 0.15) is 0 Å². The van der Waals surface area contributed by atoms with Crippen molar-refractivity contribution >= 4 is 0 Å². The molecule has 5 atom stereocenters. The predicted octanol–water partition coefficient (Wildman–Crippen LogP) is 1.38. The minimum atomic E-state index is -0.147. The predicted molar refractivity (Wildman–Crippen MR) is 53.2 cm³/mol. The molecule has 0 aliphatic heterocycles. The van der Waals surface area contributed by atoms with Crippen molar-refractivity contribution in [2.45, 2.75) is 38.7 Å². The molecule has 2 heteroatoms. The Kier molecular flexibility index (Phi) is 2.61. The number of hydrogen-bond acceptors (Lipinski definition) is 2. The van der Waals surface area contributed by atoms with Crippen LogP contribution in [0.25, 0.3) is 0 Å². The minimum absolute atomic E-state index is 0.147. The van der Waals surface area contributed by atoms with Gasteiger partial charge in [-0.25, -0.2) is 0 Å². The Morgan fingerprint density at radius 1 is 1.31 bits per heavy atom. The minimum Gasteiger partial charge on any atom is -0.393 e. The lowest BCUT2D eigenvalue weighted by Crippen LogP contribution is -2.33. The summed E-state index contributed by atoms with van der Waals surface area (Å²) in [4.78, 5) is 0. The van der Waals surface area contributed by atoms with Crippen LogP contribution in [-0.2, 0) is 0 Å². The Hall–Kier alpha value is -0.0800. The van der Waals surface area contributed by atoms with E-state index in [0.29, 0.717) is 12.5 Å². The summed E-state index contributed by atoms with van der Waals surface area (Å²) in [5.41, 5.74) is 5.56. The van der Waals surface area contributed by atoms with E-state index in [9.17, 15) is 5.11 Å². The second-order valence-electron chi connectivity index (χ2n) is 5.03. The summed E-state index contributed by atoms with van der Waals surface area (Å²) in [5, 5.41) is 10.00. The van der Waals surface area contributed by atoms with E-state index < -0.39 is 0 Å². The Bertz CT molecular complexity index is 183. The molecule has 0 aromatic heterocycles. The van der Waals surface area contributed by atoms with Gasteiger partial charge in [-0.05, 0) is 55.9 Å². The van der Waals surface area contributed by atoms with Crippen molar-refractivity contribution in [1.29, 1.82) is 0 Å². The van der Waals surface area contributed by atoms with Crippen molar-refractivity contribution in [3.05, 3.63) is 0 Å². The number of aliphatic hydroxyl groups excluding tert-OH is 1. The Morgan fingerprint density at radius 2 is 2.08 bits per heavy atom. The van der Waals surface area contributed by atoms with Gasteiger partial charge in [0.05, 0.1) is 6.10 Å². The fourth-order valence-corrected chi connectivity index (χ4v) is 2.80. The lowest BCUT2D eigenvalue weighted by Gasteiger charge is -2.29. The topological polar surface area (TPSA) is 46.2 Å². The molecule has 3 N–H and O–H groups in total. The first kappa shape index (κ1) is 9.47. The smallest absolute Gasteiger partial charge is 0.0606 e. The fraction of sp³-hybridized carbons (Fsp3) is 1.00. The van der Waals surface area contributed by atoms with Gasteiger partial charge >= 0.3 is 0 Å². The molecule has 0 radical (unpaired) electrons. The summed E-state index contributed by atoms with van der Waals surface area (Å²) in [5.74, 6) is 2.80. The first-order valence-electron chi connectivity index (χ1n) is 5.60. The van der Waals surface area contributed by atoms with Crippen molar-refractivity contribution in [3.63, 3.8) is 0 Å². The highest BCUT2D eigenvalue weighted by Gasteiger charge is 2.44. The highest BCUT2D eigenvalue weighted by Crippen LogP contribution is 2.52. The Balaban J connectivity index is 1.85. The van der Waals surface area contributed by atoms with Gasteiger partial charge < -0.3 is 10.8 Å². The van der Waals surface area contributed by atoms with Crippen LogP contribution in [0.4, 0.5) is 0 Å². The molecule has 5 unspecified atom stereocenters. The summed E-state index contributed by atoms with van der Waals surface area (Å²) in [6.45, 7) is 2.68. The lowest BCUT2D eigenvalue weighted by atomic mass is 9.81. The first-order chi connectivity index (χ1) is 6.22. The number of rotatable bonds is 3. The van der Waals surface area contributed by atoms with Crippen molar-refractivity contribution in [2.24, 2.45) is 29.4 Å². The van der Waals surface area contributed by atoms with Crippen LogP contribution in [0.1, 0.15) is 32.6 Å². The third kappa shape index (κ3) is 1.89. The van der Waals surface area contributed by atoms with E-state index in [-0.39, 0.29) is 12.0 Å². The molecule has 2 saturated carbocycles. The molecule has 0 amide bonds. The van der Waals surface area contributed by atoms with Crippen LogP contribution in [0.15, 0.2) is 0 Å². The quantitative estimate of drug-likeness (QED) is 0.694. The number of aliphatic hydroxyl groups is 1. The molecule has 13 heavy (non-hydrogen) atoms. The van der Waals surface area contributed by atoms with Crippen LogP contribution in [0.3, 0.4) is 0 Å². The van der Waals surface area contributed by atoms with Crippen molar-refractivity contribution in [2.75, 3.05) is 6.54 Å². The van der Waals surface area contributed by atoms with Gasteiger partial charge in [0.15, 0.2) is 0 Å². The third-order valence-corrected chi connectivity index (χ3v) is 4.02. The number of nitrogens with two attached hydrogens (primary N) is 1. The summed E-state index contributed by atoms with van der Waals surface area (Å²) in [7, 11) is 0. The van der Waals surface area contributed by atoms with E-state index in [0.717, 1.165) is 11.8 Å². The molecule has 2 fully saturated rings. The monoisotopic (exact) mass is 183 g/mol. The Morgan fingerprint density at radius 3 is 2.69 bits per heavy atom. The number of fused-ring (bicyclic) bond motifs is 1. The standard InChI is InChI=1S/C11H21NO/c1-7(6-12)11(13)9-3-2-8-4-10(8)5-9/h7-11,13H,2-6,12H2,1H3. The van der Waals surface area contributed by atoms with Crippen LogP contribution in [0, 0.1) is 23.7 Å². The highest BCUT2D eigenvalue weighted by atomic mass is 16.3. The molecule has 0 aromatic carbocycles. The summed E-state index contributed by atoms with van der Waals surface area (Å²) in [6, 6.07) is 0. The van der Waals surface area contributed by atoms with E-state index in [1.807, 2.05) is 0 Å². The second-order valence-corrected chi connectivity index (χ2v) is 5.03. The average Bonchev–Trinajstić information content (AvgIpc) is 2.92. The highest BCUT2D eigenvalue weighted by molar-refractivity contribution is 4.94. The molecule has 0 heterocycles. The molecule has 2 aliphatic rings. The number of hydrogen-bond donors (Lipinski definition) is 2. The van der Waals surface area contributed by atoms with Crippen molar-refractivity contribution in [1.82, 2.24) is 0 Å². The van der Waals surface area contributed by atoms with Gasteiger partial charge in [-0.1, -0.05) is 6.92 Å². The van der Waals surface area contributed by atoms with E-state index in [4.69, 9.17) is 5.73 Å². The van der Waals surface area contributed by atoms with Gasteiger partial charge in [-0.2, -0.15) is 0 Å². The molecular weight excluding hydrogens is 162 g/mol. The van der Waals surface area contributed by atoms with E-state index >= 15 is 0 Å². The van der Waals surface area contributed by atoms with Crippen LogP contribution in [0.5, 0.6) is 0 Å². The molecule has 2 aliphatic carbocycles. The maximum Gasteiger partial charge on any atom is 0.0606 e. The van der Waals surface area contributed by atoms with Crippen molar-refractivity contribution in [3.8, 4) is 0 Å². The zero-order valence-electron chi connectivity index (χ0n) is 8.45.